The predicted octanol–water partition coefficient (Wildman–Crippen LogP) is 2.43. The van der Waals surface area contributed by atoms with Crippen molar-refractivity contribution in [1.82, 2.24) is 20.4 Å². The van der Waals surface area contributed by atoms with Crippen LogP contribution in [0.1, 0.15) is 23.8 Å². The highest BCUT2D eigenvalue weighted by Crippen LogP contribution is 2.37. The molecule has 0 saturated heterocycles. The van der Waals surface area contributed by atoms with Gasteiger partial charge in [-0.1, -0.05) is 29.8 Å². The average molecular weight is 429 g/mol. The highest BCUT2D eigenvalue weighted by Gasteiger charge is 2.43. The Balaban J connectivity index is 1.46. The summed E-state index contributed by atoms with van der Waals surface area (Å²) >= 11 is 6.32. The maximum atomic E-state index is 13.1. The number of likely N-dealkylation sites (N-methyl/N-ethyl adjacent to an activating group) is 1. The summed E-state index contributed by atoms with van der Waals surface area (Å²) in [5.74, 6) is 0.265. The fraction of sp³-hybridized carbons (Fsp3) is 0.286. The third-order valence-corrected chi connectivity index (χ3v) is 5.64. The lowest BCUT2D eigenvalue weighted by Gasteiger charge is -2.31. The lowest BCUT2D eigenvalue weighted by Crippen LogP contribution is -2.45. The van der Waals surface area contributed by atoms with E-state index in [0.717, 1.165) is 0 Å². The minimum Gasteiger partial charge on any atom is -0.467 e. The Hall–Kier alpha value is -3.26. The minimum absolute atomic E-state index is 0.148. The van der Waals surface area contributed by atoms with Gasteiger partial charge in [0.2, 0.25) is 5.91 Å². The average Bonchev–Trinajstić information content (AvgIpc) is 3.36. The van der Waals surface area contributed by atoms with Crippen LogP contribution in [-0.4, -0.2) is 47.8 Å². The molecular weight excluding hydrogens is 408 g/mol. The zero-order valence-electron chi connectivity index (χ0n) is 16.4. The molecule has 0 saturated carbocycles. The summed E-state index contributed by atoms with van der Waals surface area (Å²) in [5, 5.41) is 6.09. The van der Waals surface area contributed by atoms with Crippen molar-refractivity contribution in [2.75, 3.05) is 20.1 Å². The van der Waals surface area contributed by atoms with Crippen molar-refractivity contribution in [3.63, 3.8) is 0 Å². The molecule has 0 aliphatic carbocycles. The number of nitrogens with zero attached hydrogens (tertiary/aromatic N) is 2. The molecule has 4 amide bonds. The Kier molecular flexibility index (Phi) is 5.50. The Labute approximate surface area is 178 Å². The number of hydrogen-bond donors (Lipinski definition) is 2. The van der Waals surface area contributed by atoms with Crippen LogP contribution in [0.5, 0.6) is 0 Å². The number of amides is 4. The van der Waals surface area contributed by atoms with Crippen molar-refractivity contribution in [1.29, 1.82) is 0 Å². The summed E-state index contributed by atoms with van der Waals surface area (Å²) in [7, 11) is 1.63. The number of carbonyl (C=O) groups excluding carboxylic acids is 3. The first kappa shape index (κ1) is 20.0. The molecule has 2 aliphatic heterocycles. The first-order valence-electron chi connectivity index (χ1n) is 9.55. The zero-order valence-corrected chi connectivity index (χ0v) is 17.1. The van der Waals surface area contributed by atoms with Crippen LogP contribution in [0.15, 0.2) is 58.3 Å². The first-order chi connectivity index (χ1) is 14.5. The summed E-state index contributed by atoms with van der Waals surface area (Å²) < 4.78 is 5.19. The fourth-order valence-electron chi connectivity index (χ4n) is 3.67. The molecule has 1 aromatic carbocycles. The summed E-state index contributed by atoms with van der Waals surface area (Å²) in [6.45, 7) is 0.807. The maximum Gasteiger partial charge on any atom is 0.322 e. The molecule has 30 heavy (non-hydrogen) atoms. The molecular formula is C21H21ClN4O4. The van der Waals surface area contributed by atoms with E-state index in [9.17, 15) is 14.4 Å². The maximum absolute atomic E-state index is 13.1. The van der Waals surface area contributed by atoms with Gasteiger partial charge in [0.25, 0.3) is 5.91 Å². The molecule has 4 rings (SSSR count). The molecule has 0 bridgehead atoms. The number of urea groups is 1. The molecule has 2 N–H and O–H groups in total. The number of rotatable bonds is 6. The predicted molar refractivity (Wildman–Crippen MR) is 109 cm³/mol. The Morgan fingerprint density at radius 1 is 1.27 bits per heavy atom. The van der Waals surface area contributed by atoms with E-state index in [1.54, 1.807) is 48.5 Å². The minimum atomic E-state index is -0.623. The van der Waals surface area contributed by atoms with E-state index < -0.39 is 6.04 Å². The van der Waals surface area contributed by atoms with Gasteiger partial charge in [0.15, 0.2) is 0 Å². The van der Waals surface area contributed by atoms with Crippen LogP contribution in [0.3, 0.4) is 0 Å². The van der Waals surface area contributed by atoms with Crippen LogP contribution in [0.4, 0.5) is 4.79 Å². The summed E-state index contributed by atoms with van der Waals surface area (Å²) in [6, 6.07) is 9.73. The normalized spacial score (nSPS) is 18.5. The van der Waals surface area contributed by atoms with Gasteiger partial charge in [0.05, 0.1) is 36.7 Å². The topological polar surface area (TPSA) is 94.9 Å². The number of halogens is 1. The number of carbonyl (C=O) groups is 3. The van der Waals surface area contributed by atoms with E-state index in [0.29, 0.717) is 34.2 Å². The summed E-state index contributed by atoms with van der Waals surface area (Å²) in [5.41, 5.74) is 1.78. The van der Waals surface area contributed by atoms with Gasteiger partial charge in [-0.05, 0) is 23.8 Å². The van der Waals surface area contributed by atoms with E-state index >= 15 is 0 Å². The Morgan fingerprint density at radius 2 is 2.07 bits per heavy atom. The van der Waals surface area contributed by atoms with Crippen molar-refractivity contribution in [3.8, 4) is 0 Å². The molecule has 9 heteroatoms. The van der Waals surface area contributed by atoms with Crippen molar-refractivity contribution in [3.05, 3.63) is 70.3 Å². The number of benzene rings is 1. The van der Waals surface area contributed by atoms with Gasteiger partial charge in [-0.25, -0.2) is 4.79 Å². The molecule has 1 unspecified atom stereocenters. The first-order valence-corrected chi connectivity index (χ1v) is 9.93. The van der Waals surface area contributed by atoms with E-state index in [4.69, 9.17) is 16.0 Å². The molecule has 0 spiro atoms. The van der Waals surface area contributed by atoms with Gasteiger partial charge in [-0.2, -0.15) is 0 Å². The highest BCUT2D eigenvalue weighted by molar-refractivity contribution is 6.31. The second kappa shape index (κ2) is 8.23. The van der Waals surface area contributed by atoms with Crippen molar-refractivity contribution < 1.29 is 18.8 Å². The van der Waals surface area contributed by atoms with Crippen LogP contribution in [0.2, 0.25) is 5.02 Å². The van der Waals surface area contributed by atoms with Gasteiger partial charge in [-0.15, -0.1) is 0 Å². The SMILES string of the molecule is CN1C(=O)NC(c2ccccc2Cl)C2=C1CN(CCC(=O)NCc1ccco1)C2=O. The zero-order chi connectivity index (χ0) is 21.3. The quantitative estimate of drug-likeness (QED) is 0.738. The fourth-order valence-corrected chi connectivity index (χ4v) is 3.92. The van der Waals surface area contributed by atoms with E-state index in [1.165, 1.54) is 4.90 Å². The summed E-state index contributed by atoms with van der Waals surface area (Å²) in [6.07, 6.45) is 1.69. The van der Waals surface area contributed by atoms with Gasteiger partial charge in [0.1, 0.15) is 5.76 Å². The summed E-state index contributed by atoms with van der Waals surface area (Å²) in [4.78, 5) is 40.8. The van der Waals surface area contributed by atoms with Crippen LogP contribution in [-0.2, 0) is 16.1 Å². The third-order valence-electron chi connectivity index (χ3n) is 5.30. The molecule has 0 radical (unpaired) electrons. The number of nitrogens with one attached hydrogen (secondary N) is 2. The Bertz CT molecular complexity index is 1020. The molecule has 2 aromatic rings. The molecule has 156 valence electrons. The smallest absolute Gasteiger partial charge is 0.322 e. The number of hydrogen-bond acceptors (Lipinski definition) is 4. The number of furan rings is 1. The second-order valence-corrected chi connectivity index (χ2v) is 7.56. The van der Waals surface area contributed by atoms with Gasteiger partial charge >= 0.3 is 6.03 Å². The third kappa shape index (κ3) is 3.78. The standard InChI is InChI=1S/C21H21ClN4O4/c1-25-16-12-26(9-8-17(27)23-11-13-5-4-10-30-13)20(28)18(16)19(24-21(25)29)14-6-2-3-7-15(14)22/h2-7,10,19H,8-9,11-12H2,1H3,(H,23,27)(H,24,29). The molecule has 1 atom stereocenters. The molecule has 1 aromatic heterocycles. The van der Waals surface area contributed by atoms with Gasteiger partial charge in [-0.3, -0.25) is 14.5 Å². The lowest BCUT2D eigenvalue weighted by atomic mass is 9.95. The molecule has 2 aliphatic rings. The largest absolute Gasteiger partial charge is 0.467 e. The van der Waals surface area contributed by atoms with Crippen molar-refractivity contribution in [2.24, 2.45) is 0 Å². The van der Waals surface area contributed by atoms with E-state index in [2.05, 4.69) is 10.6 Å². The van der Waals surface area contributed by atoms with Crippen LogP contribution in [0.25, 0.3) is 0 Å². The molecule has 3 heterocycles. The van der Waals surface area contributed by atoms with Gasteiger partial charge < -0.3 is 20.0 Å². The van der Waals surface area contributed by atoms with E-state index in [-0.39, 0.29) is 37.4 Å². The lowest BCUT2D eigenvalue weighted by molar-refractivity contribution is -0.127. The monoisotopic (exact) mass is 428 g/mol. The van der Waals surface area contributed by atoms with Crippen LogP contribution in [0, 0.1) is 0 Å². The van der Waals surface area contributed by atoms with Crippen molar-refractivity contribution in [2.45, 2.75) is 19.0 Å². The highest BCUT2D eigenvalue weighted by atomic mass is 35.5. The Morgan fingerprint density at radius 3 is 2.80 bits per heavy atom. The molecule has 8 nitrogen and oxygen atoms in total. The van der Waals surface area contributed by atoms with Crippen LogP contribution >= 0.6 is 11.6 Å². The van der Waals surface area contributed by atoms with Crippen LogP contribution < -0.4 is 10.6 Å². The van der Waals surface area contributed by atoms with Crippen molar-refractivity contribution >= 4 is 29.4 Å². The van der Waals surface area contributed by atoms with Gasteiger partial charge in [0, 0.05) is 25.0 Å². The molecule has 0 fully saturated rings. The van der Waals surface area contributed by atoms with E-state index in [1.807, 2.05) is 6.07 Å². The second-order valence-electron chi connectivity index (χ2n) is 7.16.